The third-order valence-corrected chi connectivity index (χ3v) is 2.45. The lowest BCUT2D eigenvalue weighted by Crippen LogP contribution is -2.26. The molecule has 1 aliphatic carbocycles. The zero-order valence-corrected chi connectivity index (χ0v) is 9.52. The Balaban J connectivity index is 3.35. The second-order valence-electron chi connectivity index (χ2n) is 4.09. The Morgan fingerprint density at radius 3 is 2.25 bits per heavy atom. The van der Waals surface area contributed by atoms with Crippen LogP contribution >= 0.6 is 0 Å². The van der Waals surface area contributed by atoms with Gasteiger partial charge in [0.05, 0.1) is 16.8 Å². The highest BCUT2D eigenvalue weighted by Crippen LogP contribution is 2.30. The molecular formula is C11H15NO4. The van der Waals surface area contributed by atoms with Crippen molar-refractivity contribution in [1.82, 2.24) is 4.90 Å². The third-order valence-electron chi connectivity index (χ3n) is 2.45. The summed E-state index contributed by atoms with van der Waals surface area (Å²) in [6, 6.07) is 0. The average molecular weight is 225 g/mol. The minimum absolute atomic E-state index is 0.0686. The number of allylic oxidation sites excluding steroid dienone is 1. The minimum atomic E-state index is -1.09. The Morgan fingerprint density at radius 1 is 1.31 bits per heavy atom. The molecule has 5 nitrogen and oxygen atoms in total. The van der Waals surface area contributed by atoms with Gasteiger partial charge in [-0.25, -0.2) is 9.59 Å². The van der Waals surface area contributed by atoms with Gasteiger partial charge in [0.2, 0.25) is 0 Å². The van der Waals surface area contributed by atoms with Crippen LogP contribution in [0, 0.1) is 5.92 Å². The van der Waals surface area contributed by atoms with Crippen molar-refractivity contribution in [3.05, 3.63) is 22.9 Å². The molecule has 0 saturated carbocycles. The summed E-state index contributed by atoms with van der Waals surface area (Å²) in [5.41, 5.74) is 0.525. The molecule has 2 N–H and O–H groups in total. The van der Waals surface area contributed by atoms with Crippen molar-refractivity contribution in [3.8, 4) is 0 Å². The van der Waals surface area contributed by atoms with E-state index in [1.54, 1.807) is 27.1 Å². The number of rotatable bonds is 3. The average Bonchev–Trinajstić information content (AvgIpc) is 2.15. The van der Waals surface area contributed by atoms with Crippen LogP contribution in [0.2, 0.25) is 0 Å². The maximum atomic E-state index is 11.1. The first kappa shape index (κ1) is 12.3. The highest BCUT2D eigenvalue weighted by atomic mass is 16.4. The van der Waals surface area contributed by atoms with Crippen molar-refractivity contribution in [3.63, 3.8) is 0 Å². The molecule has 0 fully saturated rings. The van der Waals surface area contributed by atoms with Gasteiger partial charge in [0, 0.05) is 14.1 Å². The molecule has 1 aliphatic rings. The lowest BCUT2D eigenvalue weighted by molar-refractivity contribution is -0.133. The number of carbonyl (C=O) groups is 2. The van der Waals surface area contributed by atoms with Gasteiger partial charge < -0.3 is 15.1 Å². The number of nitrogens with zero attached hydrogens (tertiary/aromatic N) is 1. The van der Waals surface area contributed by atoms with Crippen LogP contribution in [0.4, 0.5) is 0 Å². The molecule has 5 heteroatoms. The Labute approximate surface area is 93.7 Å². The SMILES string of the molecule is CC1C=C(C(=O)O)C(N(C)C)=C(C(=O)O)C1. The molecular weight excluding hydrogens is 210 g/mol. The fraction of sp³-hybridized carbons (Fsp3) is 0.455. The van der Waals surface area contributed by atoms with Crippen molar-refractivity contribution in [2.24, 2.45) is 5.92 Å². The summed E-state index contributed by atoms with van der Waals surface area (Å²) in [5.74, 6) is -2.21. The molecule has 1 rings (SSSR count). The highest BCUT2D eigenvalue weighted by Gasteiger charge is 2.28. The van der Waals surface area contributed by atoms with Crippen LogP contribution < -0.4 is 0 Å². The zero-order valence-electron chi connectivity index (χ0n) is 9.52. The summed E-state index contributed by atoms with van der Waals surface area (Å²) >= 11 is 0. The maximum Gasteiger partial charge on any atom is 0.337 e. The monoisotopic (exact) mass is 225 g/mol. The van der Waals surface area contributed by atoms with Crippen LogP contribution in [0.15, 0.2) is 22.9 Å². The van der Waals surface area contributed by atoms with Crippen LogP contribution in [0.3, 0.4) is 0 Å². The summed E-state index contributed by atoms with van der Waals surface area (Å²) in [4.78, 5) is 23.7. The molecule has 88 valence electrons. The van der Waals surface area contributed by atoms with Crippen molar-refractivity contribution >= 4 is 11.9 Å². The first-order chi connectivity index (χ1) is 7.34. The van der Waals surface area contributed by atoms with E-state index in [1.807, 2.05) is 0 Å². The number of carboxylic acid groups (broad SMARTS) is 2. The number of carboxylic acids is 2. The first-order valence-corrected chi connectivity index (χ1v) is 4.93. The summed E-state index contributed by atoms with van der Waals surface area (Å²) < 4.78 is 0. The van der Waals surface area contributed by atoms with E-state index in [0.717, 1.165) is 0 Å². The number of aliphatic carboxylic acids is 2. The van der Waals surface area contributed by atoms with Gasteiger partial charge in [-0.15, -0.1) is 0 Å². The largest absolute Gasteiger partial charge is 0.478 e. The predicted octanol–water partition coefficient (Wildman–Crippen LogP) is 0.937. The van der Waals surface area contributed by atoms with Crippen LogP contribution in [-0.4, -0.2) is 41.1 Å². The second-order valence-corrected chi connectivity index (χ2v) is 4.09. The van der Waals surface area contributed by atoms with Crippen LogP contribution in [0.1, 0.15) is 13.3 Å². The Bertz CT molecular complexity index is 393. The molecule has 0 bridgehead atoms. The van der Waals surface area contributed by atoms with E-state index >= 15 is 0 Å². The summed E-state index contributed by atoms with van der Waals surface area (Å²) in [5, 5.41) is 18.1. The molecule has 0 aliphatic heterocycles. The smallest absolute Gasteiger partial charge is 0.337 e. The highest BCUT2D eigenvalue weighted by molar-refractivity contribution is 5.97. The molecule has 1 atom stereocenters. The Morgan fingerprint density at radius 2 is 1.88 bits per heavy atom. The third kappa shape index (κ3) is 2.24. The van der Waals surface area contributed by atoms with E-state index in [4.69, 9.17) is 10.2 Å². The van der Waals surface area contributed by atoms with Crippen LogP contribution in [-0.2, 0) is 9.59 Å². The molecule has 0 saturated heterocycles. The molecule has 0 heterocycles. The van der Waals surface area contributed by atoms with E-state index < -0.39 is 11.9 Å². The molecule has 1 unspecified atom stereocenters. The summed E-state index contributed by atoms with van der Waals surface area (Å²) in [6.45, 7) is 1.80. The number of hydrogen-bond donors (Lipinski definition) is 2. The molecule has 16 heavy (non-hydrogen) atoms. The van der Waals surface area contributed by atoms with E-state index in [2.05, 4.69) is 0 Å². The molecule has 0 amide bonds. The van der Waals surface area contributed by atoms with Gasteiger partial charge in [-0.1, -0.05) is 13.0 Å². The second kappa shape index (κ2) is 4.38. The van der Waals surface area contributed by atoms with E-state index in [9.17, 15) is 9.59 Å². The van der Waals surface area contributed by atoms with Crippen molar-refractivity contribution in [2.45, 2.75) is 13.3 Å². The quantitative estimate of drug-likeness (QED) is 0.747. The fourth-order valence-electron chi connectivity index (χ4n) is 1.88. The lowest BCUT2D eigenvalue weighted by atomic mass is 9.88. The first-order valence-electron chi connectivity index (χ1n) is 4.93. The number of hydrogen-bond acceptors (Lipinski definition) is 3. The number of likely N-dealkylation sites (N-methyl/N-ethyl adjacent to an activating group) is 1. The maximum absolute atomic E-state index is 11.1. The fourth-order valence-corrected chi connectivity index (χ4v) is 1.88. The molecule has 0 spiro atoms. The van der Waals surface area contributed by atoms with Crippen molar-refractivity contribution in [1.29, 1.82) is 0 Å². The van der Waals surface area contributed by atoms with E-state index in [0.29, 0.717) is 6.42 Å². The minimum Gasteiger partial charge on any atom is -0.478 e. The van der Waals surface area contributed by atoms with Gasteiger partial charge >= 0.3 is 11.9 Å². The van der Waals surface area contributed by atoms with Crippen molar-refractivity contribution in [2.75, 3.05) is 14.1 Å². The Hall–Kier alpha value is -1.78. The Kier molecular flexibility index (Phi) is 3.37. The van der Waals surface area contributed by atoms with Gasteiger partial charge in [0.1, 0.15) is 0 Å². The van der Waals surface area contributed by atoms with E-state index in [1.165, 1.54) is 4.90 Å². The van der Waals surface area contributed by atoms with E-state index in [-0.39, 0.29) is 22.8 Å². The zero-order chi connectivity index (χ0) is 12.5. The molecule has 0 aromatic rings. The van der Waals surface area contributed by atoms with Gasteiger partial charge in [0.15, 0.2) is 0 Å². The normalized spacial score (nSPS) is 20.4. The molecule has 0 aromatic carbocycles. The standard InChI is InChI=1S/C11H15NO4/c1-6-4-7(10(13)14)9(12(2)3)8(5-6)11(15)16/h4,6H,5H2,1-3H3,(H,13,14)(H,15,16). The van der Waals surface area contributed by atoms with Crippen LogP contribution in [0.25, 0.3) is 0 Å². The predicted molar refractivity (Wildman–Crippen MR) is 57.8 cm³/mol. The van der Waals surface area contributed by atoms with Gasteiger partial charge in [0.25, 0.3) is 0 Å². The molecule has 0 aromatic heterocycles. The van der Waals surface area contributed by atoms with Crippen molar-refractivity contribution < 1.29 is 19.8 Å². The van der Waals surface area contributed by atoms with Gasteiger partial charge in [-0.2, -0.15) is 0 Å². The lowest BCUT2D eigenvalue weighted by Gasteiger charge is -2.26. The van der Waals surface area contributed by atoms with Gasteiger partial charge in [-0.3, -0.25) is 0 Å². The topological polar surface area (TPSA) is 77.8 Å². The summed E-state index contributed by atoms with van der Waals surface area (Å²) in [6.07, 6.45) is 1.96. The van der Waals surface area contributed by atoms with Crippen LogP contribution in [0.5, 0.6) is 0 Å². The van der Waals surface area contributed by atoms with Gasteiger partial charge in [-0.05, 0) is 12.3 Å². The summed E-state index contributed by atoms with van der Waals surface area (Å²) in [7, 11) is 3.29. The molecule has 0 radical (unpaired) electrons.